The van der Waals surface area contributed by atoms with Crippen LogP contribution in [0.15, 0.2) is 24.3 Å². The second-order valence-corrected chi connectivity index (χ2v) is 6.10. The summed E-state index contributed by atoms with van der Waals surface area (Å²) in [5.74, 6) is 0.420. The summed E-state index contributed by atoms with van der Waals surface area (Å²) in [7, 11) is 2.12. The van der Waals surface area contributed by atoms with E-state index in [-0.39, 0.29) is 12.3 Å². The van der Waals surface area contributed by atoms with Crippen LogP contribution in [0.2, 0.25) is 0 Å². The molecule has 1 aromatic rings. The summed E-state index contributed by atoms with van der Waals surface area (Å²) in [4.78, 5) is 11.6. The van der Waals surface area contributed by atoms with Crippen LogP contribution in [0.3, 0.4) is 0 Å². The number of aliphatic hydroxyl groups excluding tert-OH is 1. The molecule has 1 aromatic carbocycles. The number of benzene rings is 1. The highest BCUT2D eigenvalue weighted by atomic mass is 16.6. The number of aliphatic hydroxyl groups is 1. The molecule has 6 heteroatoms. The van der Waals surface area contributed by atoms with Crippen molar-refractivity contribution in [3.05, 3.63) is 34.4 Å². The Kier molecular flexibility index (Phi) is 6.15. The molecule has 0 aliphatic heterocycles. The molecule has 0 bridgehead atoms. The van der Waals surface area contributed by atoms with Gasteiger partial charge in [0.1, 0.15) is 25.0 Å². The lowest BCUT2D eigenvalue weighted by Crippen LogP contribution is -3.14. The van der Waals surface area contributed by atoms with Gasteiger partial charge in [0.2, 0.25) is 0 Å². The summed E-state index contributed by atoms with van der Waals surface area (Å²) in [6, 6.07) is 6.67. The van der Waals surface area contributed by atoms with E-state index in [4.69, 9.17) is 4.74 Å². The molecule has 1 aliphatic carbocycles. The van der Waals surface area contributed by atoms with Crippen LogP contribution in [0.4, 0.5) is 5.69 Å². The van der Waals surface area contributed by atoms with Gasteiger partial charge in [0, 0.05) is 6.07 Å². The first-order valence-electron chi connectivity index (χ1n) is 7.94. The minimum atomic E-state index is -0.568. The molecule has 2 rings (SSSR count). The van der Waals surface area contributed by atoms with Gasteiger partial charge in [-0.25, -0.2) is 0 Å². The van der Waals surface area contributed by atoms with Crippen LogP contribution in [-0.4, -0.2) is 42.4 Å². The zero-order chi connectivity index (χ0) is 15.9. The first-order chi connectivity index (χ1) is 10.6. The second kappa shape index (κ2) is 8.10. The van der Waals surface area contributed by atoms with Crippen molar-refractivity contribution in [3.8, 4) is 5.75 Å². The van der Waals surface area contributed by atoms with Crippen molar-refractivity contribution in [2.45, 2.75) is 44.2 Å². The molecule has 0 aromatic heterocycles. The Morgan fingerprint density at radius 3 is 2.82 bits per heavy atom. The number of non-ortho nitro benzene ring substituents is 1. The lowest BCUT2D eigenvalue weighted by molar-refractivity contribution is -0.910. The highest BCUT2D eigenvalue weighted by molar-refractivity contribution is 5.37. The molecule has 1 saturated carbocycles. The molecule has 0 spiro atoms. The highest BCUT2D eigenvalue weighted by Gasteiger charge is 2.23. The largest absolute Gasteiger partial charge is 0.490 e. The van der Waals surface area contributed by atoms with Gasteiger partial charge in [-0.1, -0.05) is 12.5 Å². The van der Waals surface area contributed by atoms with E-state index in [1.54, 1.807) is 12.1 Å². The van der Waals surface area contributed by atoms with Crippen molar-refractivity contribution in [1.82, 2.24) is 0 Å². The molecule has 122 valence electrons. The van der Waals surface area contributed by atoms with Crippen LogP contribution < -0.4 is 9.64 Å². The van der Waals surface area contributed by atoms with E-state index in [1.807, 2.05) is 0 Å². The number of quaternary nitrogens is 1. The van der Waals surface area contributed by atoms with E-state index in [1.165, 1.54) is 49.1 Å². The van der Waals surface area contributed by atoms with Crippen LogP contribution in [0.25, 0.3) is 0 Å². The van der Waals surface area contributed by atoms with E-state index in [9.17, 15) is 15.2 Å². The summed E-state index contributed by atoms with van der Waals surface area (Å²) in [6.45, 7) is 0.796. The van der Waals surface area contributed by atoms with Gasteiger partial charge in [-0.15, -0.1) is 0 Å². The Labute approximate surface area is 130 Å². The first kappa shape index (κ1) is 16.7. The molecule has 22 heavy (non-hydrogen) atoms. The van der Waals surface area contributed by atoms with Crippen molar-refractivity contribution in [1.29, 1.82) is 0 Å². The van der Waals surface area contributed by atoms with Crippen molar-refractivity contribution >= 4 is 5.69 Å². The van der Waals surface area contributed by atoms with Crippen LogP contribution in [-0.2, 0) is 0 Å². The third kappa shape index (κ3) is 4.96. The number of nitro benzene ring substituents is 1. The predicted molar refractivity (Wildman–Crippen MR) is 83.2 cm³/mol. The summed E-state index contributed by atoms with van der Waals surface area (Å²) in [5.41, 5.74) is -0.00283. The van der Waals surface area contributed by atoms with Crippen LogP contribution in [0, 0.1) is 10.1 Å². The number of nitrogens with one attached hydrogen (secondary N) is 1. The van der Waals surface area contributed by atoms with Crippen molar-refractivity contribution in [2.75, 3.05) is 20.2 Å². The van der Waals surface area contributed by atoms with Gasteiger partial charge in [-0.2, -0.15) is 0 Å². The maximum atomic E-state index is 10.7. The van der Waals surface area contributed by atoms with Crippen molar-refractivity contribution in [2.24, 2.45) is 0 Å². The van der Waals surface area contributed by atoms with Gasteiger partial charge >= 0.3 is 0 Å². The van der Waals surface area contributed by atoms with Crippen molar-refractivity contribution < 1.29 is 19.7 Å². The van der Waals surface area contributed by atoms with E-state index in [0.29, 0.717) is 18.3 Å². The standard InChI is InChI=1S/C16H24N2O4/c1-17(13-6-3-2-4-7-13)11-15(19)12-22-16-9-5-8-14(10-16)18(20)21/h5,8-10,13,15,19H,2-4,6-7,11-12H2,1H3/p+1/t15-/m0/s1. The number of nitrogens with zero attached hydrogens (tertiary/aromatic N) is 1. The molecular weight excluding hydrogens is 284 g/mol. The Hall–Kier alpha value is -1.66. The highest BCUT2D eigenvalue weighted by Crippen LogP contribution is 2.19. The number of nitro groups is 1. The molecule has 2 atom stereocenters. The number of hydrogen-bond acceptors (Lipinski definition) is 4. The van der Waals surface area contributed by atoms with Crippen LogP contribution in [0.1, 0.15) is 32.1 Å². The monoisotopic (exact) mass is 309 g/mol. The lowest BCUT2D eigenvalue weighted by Gasteiger charge is -2.29. The maximum absolute atomic E-state index is 10.7. The number of ether oxygens (including phenoxy) is 1. The van der Waals surface area contributed by atoms with Gasteiger partial charge < -0.3 is 14.7 Å². The van der Waals surface area contributed by atoms with Gasteiger partial charge in [-0.3, -0.25) is 10.1 Å². The molecule has 0 heterocycles. The molecule has 1 aliphatic rings. The van der Waals surface area contributed by atoms with E-state index >= 15 is 0 Å². The molecular formula is C16H25N2O4+. The molecule has 2 N–H and O–H groups in total. The van der Waals surface area contributed by atoms with Crippen molar-refractivity contribution in [3.63, 3.8) is 0 Å². The van der Waals surface area contributed by atoms with Gasteiger partial charge in [0.25, 0.3) is 5.69 Å². The van der Waals surface area contributed by atoms with Gasteiger partial charge in [0.05, 0.1) is 24.1 Å². The molecule has 0 saturated heterocycles. The third-order valence-corrected chi connectivity index (χ3v) is 4.33. The fourth-order valence-electron chi connectivity index (χ4n) is 3.07. The van der Waals surface area contributed by atoms with E-state index in [0.717, 1.165) is 0 Å². The molecule has 1 unspecified atom stereocenters. The summed E-state index contributed by atoms with van der Waals surface area (Å²) < 4.78 is 5.48. The minimum absolute atomic E-state index is 0.00283. The molecule has 1 fully saturated rings. The smallest absolute Gasteiger partial charge is 0.273 e. The Morgan fingerprint density at radius 1 is 1.41 bits per heavy atom. The summed E-state index contributed by atoms with van der Waals surface area (Å²) >= 11 is 0. The fraction of sp³-hybridized carbons (Fsp3) is 0.625. The Bertz CT molecular complexity index is 489. The number of hydrogen-bond donors (Lipinski definition) is 2. The van der Waals surface area contributed by atoms with E-state index in [2.05, 4.69) is 7.05 Å². The Balaban J connectivity index is 1.78. The zero-order valence-electron chi connectivity index (χ0n) is 13.0. The SMILES string of the molecule is C[NH+](C[C@H](O)COc1cccc([N+](=O)[O-])c1)C1CCCCC1. The summed E-state index contributed by atoms with van der Waals surface area (Å²) in [6.07, 6.45) is 5.77. The Morgan fingerprint density at radius 2 is 2.14 bits per heavy atom. The average molecular weight is 309 g/mol. The minimum Gasteiger partial charge on any atom is -0.490 e. The van der Waals surface area contributed by atoms with E-state index < -0.39 is 11.0 Å². The predicted octanol–water partition coefficient (Wildman–Crippen LogP) is 1.18. The molecule has 6 nitrogen and oxygen atoms in total. The number of likely N-dealkylation sites (N-methyl/N-ethyl adjacent to an activating group) is 1. The topological polar surface area (TPSA) is 77.0 Å². The number of rotatable bonds is 7. The first-order valence-corrected chi connectivity index (χ1v) is 7.94. The molecule has 0 amide bonds. The average Bonchev–Trinajstić information content (AvgIpc) is 2.54. The maximum Gasteiger partial charge on any atom is 0.273 e. The van der Waals surface area contributed by atoms with Gasteiger partial charge in [0.15, 0.2) is 0 Å². The third-order valence-electron chi connectivity index (χ3n) is 4.33. The lowest BCUT2D eigenvalue weighted by atomic mass is 9.94. The zero-order valence-corrected chi connectivity index (χ0v) is 13.0. The van der Waals surface area contributed by atoms with Crippen LogP contribution in [0.5, 0.6) is 5.75 Å². The normalized spacial score (nSPS) is 18.6. The molecule has 0 radical (unpaired) electrons. The van der Waals surface area contributed by atoms with Crippen LogP contribution >= 0.6 is 0 Å². The quantitative estimate of drug-likeness (QED) is 0.586. The fourth-order valence-corrected chi connectivity index (χ4v) is 3.07. The summed E-state index contributed by atoms with van der Waals surface area (Å²) in [5, 5.41) is 20.8. The second-order valence-electron chi connectivity index (χ2n) is 6.10. The van der Waals surface area contributed by atoms with Gasteiger partial charge in [-0.05, 0) is 31.7 Å².